The van der Waals surface area contributed by atoms with Crippen molar-refractivity contribution in [1.29, 1.82) is 0 Å². The first-order chi connectivity index (χ1) is 9.78. The van der Waals surface area contributed by atoms with Crippen LogP contribution in [0.1, 0.15) is 27.9 Å². The molecule has 1 aromatic carbocycles. The fourth-order valence-electron chi connectivity index (χ4n) is 2.31. The minimum atomic E-state index is 0.166. The quantitative estimate of drug-likeness (QED) is 0.668. The molecule has 20 heavy (non-hydrogen) atoms. The van der Waals surface area contributed by atoms with Gasteiger partial charge in [0.2, 0.25) is 0 Å². The Morgan fingerprint density at radius 3 is 2.85 bits per heavy atom. The van der Waals surface area contributed by atoms with Crippen LogP contribution in [0.25, 0.3) is 10.9 Å². The molecule has 3 aromatic rings. The number of nitrogens with zero attached hydrogens (tertiary/aromatic N) is 1. The molecule has 0 N–H and O–H groups in total. The second kappa shape index (κ2) is 5.55. The Morgan fingerprint density at radius 2 is 2.00 bits per heavy atom. The van der Waals surface area contributed by atoms with E-state index in [-0.39, 0.29) is 5.78 Å². The third kappa shape index (κ3) is 2.49. The summed E-state index contributed by atoms with van der Waals surface area (Å²) < 4.78 is 0. The Hall–Kier alpha value is -2.00. The van der Waals surface area contributed by atoms with E-state index in [1.54, 1.807) is 0 Å². The lowest BCUT2D eigenvalue weighted by molar-refractivity contribution is 0.0995. The third-order valence-electron chi connectivity index (χ3n) is 3.38. The predicted molar refractivity (Wildman–Crippen MR) is 83.5 cm³/mol. The van der Waals surface area contributed by atoms with Gasteiger partial charge >= 0.3 is 0 Å². The van der Waals surface area contributed by atoms with E-state index < -0.39 is 0 Å². The number of carbonyl (C=O) groups excluding carboxylic acids is 1. The largest absolute Gasteiger partial charge is 0.293 e. The van der Waals surface area contributed by atoms with Gasteiger partial charge in [-0.2, -0.15) is 0 Å². The average Bonchev–Trinajstić information content (AvgIpc) is 2.95. The van der Waals surface area contributed by atoms with Crippen LogP contribution in [-0.2, 0) is 12.8 Å². The minimum absolute atomic E-state index is 0.166. The molecule has 0 amide bonds. The number of benzene rings is 1. The molecule has 0 radical (unpaired) electrons. The molecule has 2 aromatic heterocycles. The molecule has 3 heteroatoms. The van der Waals surface area contributed by atoms with Gasteiger partial charge < -0.3 is 0 Å². The van der Waals surface area contributed by atoms with E-state index in [2.05, 4.69) is 11.9 Å². The zero-order valence-corrected chi connectivity index (χ0v) is 12.1. The third-order valence-corrected chi connectivity index (χ3v) is 4.38. The standard InChI is InChI=1S/C17H15NOS/c1-2-12-9-10-20-17(12)16(19)11-14-8-7-13-5-3-4-6-15(13)18-14/h3-10H,2,11H2,1H3. The average molecular weight is 281 g/mol. The number of para-hydroxylation sites is 1. The van der Waals surface area contributed by atoms with E-state index in [1.165, 1.54) is 11.3 Å². The number of thiophene rings is 1. The van der Waals surface area contributed by atoms with Crippen molar-refractivity contribution in [2.75, 3.05) is 0 Å². The number of rotatable bonds is 4. The highest BCUT2D eigenvalue weighted by Crippen LogP contribution is 2.20. The molecule has 0 saturated heterocycles. The highest BCUT2D eigenvalue weighted by Gasteiger charge is 2.13. The first kappa shape index (κ1) is 13.0. The molecular formula is C17H15NOS. The maximum atomic E-state index is 12.4. The lowest BCUT2D eigenvalue weighted by Gasteiger charge is -2.03. The lowest BCUT2D eigenvalue weighted by Crippen LogP contribution is -2.05. The molecule has 0 unspecified atom stereocenters. The van der Waals surface area contributed by atoms with Crippen LogP contribution in [-0.4, -0.2) is 10.8 Å². The number of ketones is 1. The number of aromatic nitrogens is 1. The van der Waals surface area contributed by atoms with Crippen molar-refractivity contribution in [1.82, 2.24) is 4.98 Å². The Kier molecular flexibility index (Phi) is 3.61. The Morgan fingerprint density at radius 1 is 1.15 bits per heavy atom. The Balaban J connectivity index is 1.87. The van der Waals surface area contributed by atoms with Gasteiger partial charge in [0.15, 0.2) is 5.78 Å². The molecule has 0 atom stereocenters. The molecule has 0 bridgehead atoms. The number of pyridine rings is 1. The number of fused-ring (bicyclic) bond motifs is 1. The van der Waals surface area contributed by atoms with Crippen LogP contribution < -0.4 is 0 Å². The summed E-state index contributed by atoms with van der Waals surface area (Å²) in [6, 6.07) is 14.0. The van der Waals surface area contributed by atoms with Crippen LogP contribution in [0.4, 0.5) is 0 Å². The van der Waals surface area contributed by atoms with Crippen LogP contribution in [0.2, 0.25) is 0 Å². The van der Waals surface area contributed by atoms with Crippen molar-refractivity contribution in [2.24, 2.45) is 0 Å². The zero-order chi connectivity index (χ0) is 13.9. The van der Waals surface area contributed by atoms with Gasteiger partial charge in [-0.25, -0.2) is 0 Å². The van der Waals surface area contributed by atoms with Gasteiger partial charge in [-0.05, 0) is 35.6 Å². The van der Waals surface area contributed by atoms with E-state index in [4.69, 9.17) is 0 Å². The lowest BCUT2D eigenvalue weighted by atomic mass is 10.1. The number of carbonyl (C=O) groups is 1. The molecule has 0 aliphatic heterocycles. The number of Topliss-reactive ketones (excluding diaryl/α,β-unsaturated/α-hetero) is 1. The molecule has 100 valence electrons. The van der Waals surface area contributed by atoms with Crippen molar-refractivity contribution < 1.29 is 4.79 Å². The van der Waals surface area contributed by atoms with Crippen LogP contribution in [0.5, 0.6) is 0 Å². The summed E-state index contributed by atoms with van der Waals surface area (Å²) in [6.45, 7) is 2.08. The molecule has 0 saturated carbocycles. The van der Waals surface area contributed by atoms with Gasteiger partial charge in [0.05, 0.1) is 16.8 Å². The molecule has 0 aliphatic carbocycles. The number of hydrogen-bond donors (Lipinski definition) is 0. The summed E-state index contributed by atoms with van der Waals surface area (Å²) in [4.78, 5) is 17.8. The normalized spacial score (nSPS) is 10.8. The molecule has 0 fully saturated rings. The minimum Gasteiger partial charge on any atom is -0.293 e. The van der Waals surface area contributed by atoms with E-state index in [0.717, 1.165) is 33.5 Å². The second-order valence-electron chi connectivity index (χ2n) is 4.72. The first-order valence-corrected chi connectivity index (χ1v) is 7.60. The SMILES string of the molecule is CCc1ccsc1C(=O)Cc1ccc2ccccc2n1. The van der Waals surface area contributed by atoms with Crippen LogP contribution in [0.15, 0.2) is 47.8 Å². The van der Waals surface area contributed by atoms with E-state index in [0.29, 0.717) is 6.42 Å². The van der Waals surface area contributed by atoms with Crippen molar-refractivity contribution in [2.45, 2.75) is 19.8 Å². The van der Waals surface area contributed by atoms with Crippen molar-refractivity contribution >= 4 is 28.0 Å². The fourth-order valence-corrected chi connectivity index (χ4v) is 3.25. The molecule has 2 heterocycles. The second-order valence-corrected chi connectivity index (χ2v) is 5.64. The first-order valence-electron chi connectivity index (χ1n) is 6.72. The highest BCUT2D eigenvalue weighted by atomic mass is 32.1. The summed E-state index contributed by atoms with van der Waals surface area (Å²) >= 11 is 1.53. The fraction of sp³-hybridized carbons (Fsp3) is 0.176. The maximum Gasteiger partial charge on any atom is 0.178 e. The van der Waals surface area contributed by atoms with Crippen LogP contribution in [0, 0.1) is 0 Å². The number of aryl methyl sites for hydroxylation is 1. The van der Waals surface area contributed by atoms with E-state index in [9.17, 15) is 4.79 Å². The maximum absolute atomic E-state index is 12.4. The Labute approximate surface area is 122 Å². The Bertz CT molecular complexity index is 760. The topological polar surface area (TPSA) is 30.0 Å². The summed E-state index contributed by atoms with van der Waals surface area (Å²) in [7, 11) is 0. The van der Waals surface area contributed by atoms with Crippen molar-refractivity contribution in [3.05, 3.63) is 64.0 Å². The summed E-state index contributed by atoms with van der Waals surface area (Å²) in [6.07, 6.45) is 1.27. The van der Waals surface area contributed by atoms with E-state index in [1.807, 2.05) is 47.8 Å². The summed E-state index contributed by atoms with van der Waals surface area (Å²) in [5.74, 6) is 0.166. The monoisotopic (exact) mass is 281 g/mol. The zero-order valence-electron chi connectivity index (χ0n) is 11.3. The molecule has 3 rings (SSSR count). The van der Waals surface area contributed by atoms with Gasteiger partial charge in [-0.15, -0.1) is 11.3 Å². The van der Waals surface area contributed by atoms with Gasteiger partial charge in [0.25, 0.3) is 0 Å². The molecule has 0 aliphatic rings. The summed E-state index contributed by atoms with van der Waals surface area (Å²) in [5.41, 5.74) is 2.92. The van der Waals surface area contributed by atoms with Crippen LogP contribution >= 0.6 is 11.3 Å². The highest BCUT2D eigenvalue weighted by molar-refractivity contribution is 7.12. The molecular weight excluding hydrogens is 266 g/mol. The summed E-state index contributed by atoms with van der Waals surface area (Å²) in [5, 5.41) is 3.09. The van der Waals surface area contributed by atoms with Crippen LogP contribution in [0.3, 0.4) is 0 Å². The van der Waals surface area contributed by atoms with E-state index >= 15 is 0 Å². The van der Waals surface area contributed by atoms with Gasteiger partial charge in [-0.3, -0.25) is 9.78 Å². The molecule has 2 nitrogen and oxygen atoms in total. The predicted octanol–water partition coefficient (Wildman–Crippen LogP) is 4.28. The number of hydrogen-bond acceptors (Lipinski definition) is 3. The van der Waals surface area contributed by atoms with Gasteiger partial charge in [0.1, 0.15) is 0 Å². The van der Waals surface area contributed by atoms with Crippen molar-refractivity contribution in [3.8, 4) is 0 Å². The van der Waals surface area contributed by atoms with Gasteiger partial charge in [-0.1, -0.05) is 31.2 Å². The van der Waals surface area contributed by atoms with Gasteiger partial charge in [0, 0.05) is 11.1 Å². The molecule has 0 spiro atoms. The van der Waals surface area contributed by atoms with Crippen molar-refractivity contribution in [3.63, 3.8) is 0 Å². The smallest absolute Gasteiger partial charge is 0.178 e.